The summed E-state index contributed by atoms with van der Waals surface area (Å²) in [7, 11) is 0. The van der Waals surface area contributed by atoms with Crippen molar-refractivity contribution in [1.29, 1.82) is 0 Å². The van der Waals surface area contributed by atoms with Crippen molar-refractivity contribution < 1.29 is 9.59 Å². The van der Waals surface area contributed by atoms with Crippen molar-refractivity contribution in [3.63, 3.8) is 0 Å². The predicted molar refractivity (Wildman–Crippen MR) is 36.7 cm³/mol. The molecule has 0 N–H and O–H groups in total. The highest BCUT2D eigenvalue weighted by Gasteiger charge is 2.37. The normalized spacial score (nSPS) is 25.3. The maximum atomic E-state index is 11.1. The SMILES string of the molecule is O=C1[N]CCN(C2CC2)C1=O. The van der Waals surface area contributed by atoms with Crippen molar-refractivity contribution in [2.45, 2.75) is 18.9 Å². The molecule has 59 valence electrons. The van der Waals surface area contributed by atoms with Crippen LogP contribution >= 0.6 is 0 Å². The van der Waals surface area contributed by atoms with E-state index >= 15 is 0 Å². The van der Waals surface area contributed by atoms with E-state index in [0.29, 0.717) is 19.1 Å². The number of carbonyl (C=O) groups is 2. The molecule has 0 aromatic carbocycles. The molecule has 1 heterocycles. The molecule has 1 radical (unpaired) electrons. The molecule has 0 aromatic rings. The summed E-state index contributed by atoms with van der Waals surface area (Å²) in [5, 5.41) is 3.54. The number of nitrogens with zero attached hydrogens (tertiary/aromatic N) is 2. The van der Waals surface area contributed by atoms with Crippen LogP contribution in [0.2, 0.25) is 0 Å². The minimum absolute atomic E-state index is 0.349. The van der Waals surface area contributed by atoms with Crippen LogP contribution < -0.4 is 5.32 Å². The zero-order chi connectivity index (χ0) is 7.84. The molecule has 2 fully saturated rings. The quantitative estimate of drug-likeness (QED) is 0.459. The first-order chi connectivity index (χ1) is 5.29. The Morgan fingerprint density at radius 1 is 1.36 bits per heavy atom. The Morgan fingerprint density at radius 2 is 2.09 bits per heavy atom. The van der Waals surface area contributed by atoms with Crippen LogP contribution in [0.25, 0.3) is 0 Å². The molecule has 4 nitrogen and oxygen atoms in total. The lowest BCUT2D eigenvalue weighted by atomic mass is 10.3. The summed E-state index contributed by atoms with van der Waals surface area (Å²) >= 11 is 0. The van der Waals surface area contributed by atoms with Crippen molar-refractivity contribution in [3.05, 3.63) is 0 Å². The van der Waals surface area contributed by atoms with E-state index in [4.69, 9.17) is 0 Å². The van der Waals surface area contributed by atoms with Gasteiger partial charge in [0.2, 0.25) is 0 Å². The maximum Gasteiger partial charge on any atom is 0.330 e. The van der Waals surface area contributed by atoms with E-state index in [2.05, 4.69) is 5.32 Å². The average Bonchev–Trinajstić information content (AvgIpc) is 2.77. The van der Waals surface area contributed by atoms with Gasteiger partial charge in [0.15, 0.2) is 0 Å². The summed E-state index contributed by atoms with van der Waals surface area (Å²) in [4.78, 5) is 23.5. The fraction of sp³-hybridized carbons (Fsp3) is 0.714. The zero-order valence-corrected chi connectivity index (χ0v) is 6.12. The molecule has 1 aliphatic heterocycles. The molecule has 2 aliphatic rings. The van der Waals surface area contributed by atoms with Gasteiger partial charge in [-0.1, -0.05) is 0 Å². The fourth-order valence-electron chi connectivity index (χ4n) is 1.29. The van der Waals surface area contributed by atoms with Gasteiger partial charge < -0.3 is 4.90 Å². The summed E-state index contributed by atoms with van der Waals surface area (Å²) < 4.78 is 0. The van der Waals surface area contributed by atoms with Gasteiger partial charge in [-0.2, -0.15) is 0 Å². The first kappa shape index (κ1) is 6.64. The molecule has 0 atom stereocenters. The van der Waals surface area contributed by atoms with E-state index in [1.165, 1.54) is 0 Å². The first-order valence-electron chi connectivity index (χ1n) is 3.81. The molecular formula is C7H9N2O2. The van der Waals surface area contributed by atoms with E-state index in [1.54, 1.807) is 4.90 Å². The molecule has 0 aromatic heterocycles. The van der Waals surface area contributed by atoms with Crippen molar-refractivity contribution in [3.8, 4) is 0 Å². The lowest BCUT2D eigenvalue weighted by Crippen LogP contribution is -2.49. The largest absolute Gasteiger partial charge is 0.330 e. The first-order valence-corrected chi connectivity index (χ1v) is 3.81. The number of amides is 2. The van der Waals surface area contributed by atoms with Gasteiger partial charge in [-0.15, -0.1) is 0 Å². The Hall–Kier alpha value is -1.06. The van der Waals surface area contributed by atoms with E-state index < -0.39 is 11.8 Å². The molecule has 11 heavy (non-hydrogen) atoms. The smallest absolute Gasteiger partial charge is 0.330 e. The molecule has 0 spiro atoms. The van der Waals surface area contributed by atoms with Crippen LogP contribution in [-0.4, -0.2) is 35.8 Å². The molecule has 1 aliphatic carbocycles. The van der Waals surface area contributed by atoms with Crippen LogP contribution in [-0.2, 0) is 9.59 Å². The summed E-state index contributed by atoms with van der Waals surface area (Å²) in [6.45, 7) is 1.12. The van der Waals surface area contributed by atoms with Crippen LogP contribution in [0, 0.1) is 0 Å². The van der Waals surface area contributed by atoms with Gasteiger partial charge in [0.25, 0.3) is 0 Å². The number of carbonyl (C=O) groups excluding carboxylic acids is 2. The third-order valence-corrected chi connectivity index (χ3v) is 2.03. The van der Waals surface area contributed by atoms with E-state index in [1.807, 2.05) is 0 Å². The molecule has 2 rings (SSSR count). The Bertz CT molecular complexity index is 210. The third kappa shape index (κ3) is 1.08. The number of piperazine rings is 1. The van der Waals surface area contributed by atoms with Gasteiger partial charge in [-0.3, -0.25) is 9.59 Å². The molecular weight excluding hydrogens is 144 g/mol. The monoisotopic (exact) mass is 153 g/mol. The minimum Gasteiger partial charge on any atom is -0.330 e. The van der Waals surface area contributed by atoms with Gasteiger partial charge in [-0.05, 0) is 12.8 Å². The second-order valence-corrected chi connectivity index (χ2v) is 2.92. The van der Waals surface area contributed by atoms with Gasteiger partial charge >= 0.3 is 11.8 Å². The van der Waals surface area contributed by atoms with Crippen LogP contribution in [0.5, 0.6) is 0 Å². The van der Waals surface area contributed by atoms with Crippen molar-refractivity contribution in [2.75, 3.05) is 13.1 Å². The molecule has 1 saturated carbocycles. The third-order valence-electron chi connectivity index (χ3n) is 2.03. The predicted octanol–water partition coefficient (Wildman–Crippen LogP) is -0.878. The summed E-state index contributed by atoms with van der Waals surface area (Å²) in [6, 6.07) is 0.349. The van der Waals surface area contributed by atoms with Crippen molar-refractivity contribution in [2.24, 2.45) is 0 Å². The van der Waals surface area contributed by atoms with Gasteiger partial charge in [0.05, 0.1) is 6.54 Å². The van der Waals surface area contributed by atoms with E-state index in [-0.39, 0.29) is 0 Å². The highest BCUT2D eigenvalue weighted by Crippen LogP contribution is 2.27. The van der Waals surface area contributed by atoms with Crippen LogP contribution in [0.4, 0.5) is 0 Å². The molecule has 1 saturated heterocycles. The van der Waals surface area contributed by atoms with Crippen LogP contribution in [0.3, 0.4) is 0 Å². The Labute approximate surface area is 64.5 Å². The molecule has 2 amide bonds. The lowest BCUT2D eigenvalue weighted by Gasteiger charge is -2.24. The highest BCUT2D eigenvalue weighted by molar-refractivity contribution is 6.35. The number of hydrogen-bond donors (Lipinski definition) is 0. The average molecular weight is 153 g/mol. The summed E-state index contributed by atoms with van der Waals surface area (Å²) in [5.74, 6) is -0.970. The zero-order valence-electron chi connectivity index (χ0n) is 6.12. The van der Waals surface area contributed by atoms with Crippen LogP contribution in [0.1, 0.15) is 12.8 Å². The second kappa shape index (κ2) is 2.22. The summed E-state index contributed by atoms with van der Waals surface area (Å²) in [6.07, 6.45) is 2.11. The Morgan fingerprint density at radius 3 is 2.73 bits per heavy atom. The Kier molecular flexibility index (Phi) is 1.34. The fourth-order valence-corrected chi connectivity index (χ4v) is 1.29. The minimum atomic E-state index is -0.567. The molecule has 0 unspecified atom stereocenters. The van der Waals surface area contributed by atoms with E-state index in [0.717, 1.165) is 12.8 Å². The van der Waals surface area contributed by atoms with Gasteiger partial charge in [0, 0.05) is 12.6 Å². The van der Waals surface area contributed by atoms with Gasteiger partial charge in [-0.25, -0.2) is 5.32 Å². The Balaban J connectivity index is 2.07. The molecule has 0 bridgehead atoms. The van der Waals surface area contributed by atoms with Crippen LogP contribution in [0.15, 0.2) is 0 Å². The topological polar surface area (TPSA) is 51.5 Å². The lowest BCUT2D eigenvalue weighted by molar-refractivity contribution is -0.148. The van der Waals surface area contributed by atoms with E-state index in [9.17, 15) is 9.59 Å². The number of hydrogen-bond acceptors (Lipinski definition) is 2. The second-order valence-electron chi connectivity index (χ2n) is 2.92. The van der Waals surface area contributed by atoms with Gasteiger partial charge in [0.1, 0.15) is 0 Å². The molecule has 4 heteroatoms. The standard InChI is InChI=1S/C7H9N2O2/c10-6-7(11)9(4-3-8-6)5-1-2-5/h5H,1-4H2. The maximum absolute atomic E-state index is 11.1. The van der Waals surface area contributed by atoms with Crippen molar-refractivity contribution in [1.82, 2.24) is 10.2 Å². The highest BCUT2D eigenvalue weighted by atomic mass is 16.2. The summed E-state index contributed by atoms with van der Waals surface area (Å²) in [5.41, 5.74) is 0. The van der Waals surface area contributed by atoms with Crippen molar-refractivity contribution >= 4 is 11.8 Å². The number of rotatable bonds is 1.